The van der Waals surface area contributed by atoms with Crippen molar-refractivity contribution < 1.29 is 9.47 Å². The van der Waals surface area contributed by atoms with Gasteiger partial charge < -0.3 is 20.5 Å². The maximum absolute atomic E-state index is 6.02. The molecule has 0 heterocycles. The minimum absolute atomic E-state index is 0. The molecule has 0 spiro atoms. The molecule has 0 saturated carbocycles. The van der Waals surface area contributed by atoms with Crippen LogP contribution in [0.4, 0.5) is 5.69 Å². The van der Waals surface area contributed by atoms with Crippen molar-refractivity contribution >= 4 is 35.6 Å². The van der Waals surface area contributed by atoms with Crippen LogP contribution in [0.15, 0.2) is 83.9 Å². The van der Waals surface area contributed by atoms with E-state index in [9.17, 15) is 0 Å². The summed E-state index contributed by atoms with van der Waals surface area (Å²) >= 11 is 0. The van der Waals surface area contributed by atoms with Gasteiger partial charge in [0.2, 0.25) is 0 Å². The molecule has 3 rings (SSSR count). The van der Waals surface area contributed by atoms with Crippen LogP contribution >= 0.6 is 24.0 Å². The van der Waals surface area contributed by atoms with E-state index in [4.69, 9.17) is 15.2 Å². The van der Waals surface area contributed by atoms with Crippen LogP contribution in [-0.4, -0.2) is 13.1 Å². The number of halogens is 1. The van der Waals surface area contributed by atoms with E-state index in [1.54, 1.807) is 7.11 Å². The highest BCUT2D eigenvalue weighted by Gasteiger charge is 2.03. The Bertz CT molecular complexity index is 917. The number of rotatable bonds is 8. The molecule has 0 aromatic heterocycles. The summed E-state index contributed by atoms with van der Waals surface area (Å²) in [6, 6.07) is 25.9. The highest BCUT2D eigenvalue weighted by atomic mass is 127. The maximum Gasteiger partial charge on any atom is 0.193 e. The molecule has 0 aliphatic rings. The van der Waals surface area contributed by atoms with Crippen LogP contribution in [0.5, 0.6) is 5.75 Å². The van der Waals surface area contributed by atoms with Crippen LogP contribution in [0.1, 0.15) is 16.7 Å². The predicted molar refractivity (Wildman–Crippen MR) is 129 cm³/mol. The molecule has 0 unspecified atom stereocenters. The number of hydrogen-bond donors (Lipinski definition) is 2. The SMILES string of the molecule is COc1ccccc1NC(N)=NCc1cccc(COCc2ccccc2)c1.I. The fraction of sp³-hybridized carbons (Fsp3) is 0.174. The number of aliphatic imine (C=N–C) groups is 1. The summed E-state index contributed by atoms with van der Waals surface area (Å²) < 4.78 is 11.1. The molecule has 0 aliphatic heterocycles. The van der Waals surface area contributed by atoms with Gasteiger partial charge in [-0.15, -0.1) is 24.0 Å². The molecule has 0 bridgehead atoms. The predicted octanol–water partition coefficient (Wildman–Crippen LogP) is 4.96. The highest BCUT2D eigenvalue weighted by molar-refractivity contribution is 14.0. The van der Waals surface area contributed by atoms with Gasteiger partial charge in [-0.1, -0.05) is 66.7 Å². The number of nitrogens with zero attached hydrogens (tertiary/aromatic N) is 1. The Morgan fingerprint density at radius 2 is 1.52 bits per heavy atom. The zero-order chi connectivity index (χ0) is 19.6. The lowest BCUT2D eigenvalue weighted by molar-refractivity contribution is 0.107. The van der Waals surface area contributed by atoms with E-state index >= 15 is 0 Å². The third kappa shape index (κ3) is 7.40. The minimum atomic E-state index is 0. The molecule has 3 N–H and O–H groups in total. The quantitative estimate of drug-likeness (QED) is 0.259. The van der Waals surface area contributed by atoms with Crippen LogP contribution in [0.3, 0.4) is 0 Å². The number of nitrogens with two attached hydrogens (primary N) is 1. The third-order valence-electron chi connectivity index (χ3n) is 4.17. The van der Waals surface area contributed by atoms with Crippen molar-refractivity contribution in [3.05, 3.63) is 95.6 Å². The normalized spacial score (nSPS) is 10.9. The molecule has 0 aliphatic carbocycles. The van der Waals surface area contributed by atoms with Crippen molar-refractivity contribution in [3.8, 4) is 5.75 Å². The standard InChI is InChI=1S/C23H25N3O2.HI/c1-27-22-13-6-5-12-21(22)26-23(24)25-15-19-10-7-11-20(14-19)17-28-16-18-8-3-2-4-9-18;/h2-14H,15-17H2,1H3,(H3,24,25,26);1H. The van der Waals surface area contributed by atoms with E-state index < -0.39 is 0 Å². The second kappa shape index (κ2) is 12.1. The lowest BCUT2D eigenvalue weighted by atomic mass is 10.1. The summed E-state index contributed by atoms with van der Waals surface area (Å²) in [6.07, 6.45) is 0. The Hall–Kier alpha value is -2.58. The Morgan fingerprint density at radius 3 is 2.31 bits per heavy atom. The lowest BCUT2D eigenvalue weighted by Crippen LogP contribution is -2.22. The molecule has 3 aromatic rings. The summed E-state index contributed by atoms with van der Waals surface area (Å²) in [7, 11) is 1.62. The number of hydrogen-bond acceptors (Lipinski definition) is 3. The van der Waals surface area contributed by atoms with Crippen molar-refractivity contribution in [1.82, 2.24) is 0 Å². The smallest absolute Gasteiger partial charge is 0.193 e. The first-order valence-corrected chi connectivity index (χ1v) is 9.14. The molecule has 0 saturated heterocycles. The molecular formula is C23H26IN3O2. The average Bonchev–Trinajstić information content (AvgIpc) is 2.74. The zero-order valence-electron chi connectivity index (χ0n) is 16.4. The number of guanidine groups is 1. The molecule has 0 amide bonds. The Labute approximate surface area is 189 Å². The van der Waals surface area contributed by atoms with Gasteiger partial charge in [-0.3, -0.25) is 0 Å². The molecule has 29 heavy (non-hydrogen) atoms. The van der Waals surface area contributed by atoms with Crippen LogP contribution < -0.4 is 15.8 Å². The molecule has 0 fully saturated rings. The second-order valence-electron chi connectivity index (χ2n) is 6.33. The topological polar surface area (TPSA) is 68.9 Å². The number of anilines is 1. The van der Waals surface area contributed by atoms with Crippen LogP contribution in [-0.2, 0) is 24.5 Å². The molecule has 0 atom stereocenters. The van der Waals surface area contributed by atoms with Crippen molar-refractivity contribution in [3.63, 3.8) is 0 Å². The summed E-state index contributed by atoms with van der Waals surface area (Å²) in [5.74, 6) is 1.06. The summed E-state index contributed by atoms with van der Waals surface area (Å²) in [5, 5.41) is 3.08. The van der Waals surface area contributed by atoms with E-state index in [1.165, 1.54) is 5.56 Å². The number of ether oxygens (including phenoxy) is 2. The third-order valence-corrected chi connectivity index (χ3v) is 4.17. The highest BCUT2D eigenvalue weighted by Crippen LogP contribution is 2.22. The Morgan fingerprint density at radius 1 is 0.862 bits per heavy atom. The first-order chi connectivity index (χ1) is 13.7. The van der Waals surface area contributed by atoms with Gasteiger partial charge in [0.05, 0.1) is 32.6 Å². The van der Waals surface area contributed by atoms with Crippen molar-refractivity contribution in [2.75, 3.05) is 12.4 Å². The molecule has 3 aromatic carbocycles. The number of methoxy groups -OCH3 is 1. The van der Waals surface area contributed by atoms with Crippen molar-refractivity contribution in [2.45, 2.75) is 19.8 Å². The number of nitrogens with one attached hydrogen (secondary N) is 1. The van der Waals surface area contributed by atoms with Gasteiger partial charge in [-0.25, -0.2) is 4.99 Å². The molecule has 0 radical (unpaired) electrons. The van der Waals surface area contributed by atoms with Gasteiger partial charge in [-0.05, 0) is 28.8 Å². The number of benzene rings is 3. The Kier molecular flexibility index (Phi) is 9.46. The van der Waals surface area contributed by atoms with Gasteiger partial charge in [0.15, 0.2) is 5.96 Å². The van der Waals surface area contributed by atoms with E-state index in [0.717, 1.165) is 22.6 Å². The van der Waals surface area contributed by atoms with Gasteiger partial charge in [0.1, 0.15) is 5.75 Å². The van der Waals surface area contributed by atoms with Gasteiger partial charge in [-0.2, -0.15) is 0 Å². The largest absolute Gasteiger partial charge is 0.495 e. The molecule has 6 heteroatoms. The van der Waals surface area contributed by atoms with Gasteiger partial charge in [0, 0.05) is 0 Å². The van der Waals surface area contributed by atoms with Crippen LogP contribution in [0.25, 0.3) is 0 Å². The number of para-hydroxylation sites is 2. The van der Waals surface area contributed by atoms with Gasteiger partial charge in [0.25, 0.3) is 0 Å². The first kappa shape index (κ1) is 22.7. The summed E-state index contributed by atoms with van der Waals surface area (Å²) in [5.41, 5.74) is 10.2. The summed E-state index contributed by atoms with van der Waals surface area (Å²) in [6.45, 7) is 1.64. The van der Waals surface area contributed by atoms with Crippen LogP contribution in [0, 0.1) is 0 Å². The molecule has 152 valence electrons. The Balaban J connectivity index is 0.00000300. The van der Waals surface area contributed by atoms with E-state index in [0.29, 0.717) is 25.7 Å². The van der Waals surface area contributed by atoms with E-state index in [-0.39, 0.29) is 24.0 Å². The summed E-state index contributed by atoms with van der Waals surface area (Å²) in [4.78, 5) is 4.42. The first-order valence-electron chi connectivity index (χ1n) is 9.14. The van der Waals surface area contributed by atoms with Gasteiger partial charge >= 0.3 is 0 Å². The van der Waals surface area contributed by atoms with E-state index in [2.05, 4.69) is 34.6 Å². The molecular weight excluding hydrogens is 477 g/mol. The van der Waals surface area contributed by atoms with E-state index in [1.807, 2.05) is 54.6 Å². The zero-order valence-corrected chi connectivity index (χ0v) is 18.7. The second-order valence-corrected chi connectivity index (χ2v) is 6.33. The fourth-order valence-electron chi connectivity index (χ4n) is 2.78. The van der Waals surface area contributed by atoms with Crippen LogP contribution in [0.2, 0.25) is 0 Å². The molecule has 5 nitrogen and oxygen atoms in total. The van der Waals surface area contributed by atoms with Crippen molar-refractivity contribution in [2.24, 2.45) is 10.7 Å². The maximum atomic E-state index is 6.02. The van der Waals surface area contributed by atoms with Crippen molar-refractivity contribution in [1.29, 1.82) is 0 Å². The fourth-order valence-corrected chi connectivity index (χ4v) is 2.78. The average molecular weight is 503 g/mol. The monoisotopic (exact) mass is 503 g/mol. The lowest BCUT2D eigenvalue weighted by Gasteiger charge is -2.10. The minimum Gasteiger partial charge on any atom is -0.495 e.